The Morgan fingerprint density at radius 1 is 1.09 bits per heavy atom. The molecular formula is C27H29NO4. The highest BCUT2D eigenvalue weighted by molar-refractivity contribution is 6.13. The van der Waals surface area contributed by atoms with Crippen molar-refractivity contribution in [3.05, 3.63) is 64.9 Å². The predicted octanol–water partition coefficient (Wildman–Crippen LogP) is 5.94. The van der Waals surface area contributed by atoms with Crippen molar-refractivity contribution >= 4 is 22.7 Å². The number of carbonyl (C=O) groups excluding carboxylic acids is 2. The summed E-state index contributed by atoms with van der Waals surface area (Å²) in [6, 6.07) is 13.7. The number of carbonyl (C=O) groups is 2. The van der Waals surface area contributed by atoms with E-state index in [2.05, 4.69) is 24.4 Å². The molecule has 5 heteroatoms. The Bertz CT molecular complexity index is 1170. The van der Waals surface area contributed by atoms with Crippen LogP contribution >= 0.6 is 0 Å². The normalized spacial score (nSPS) is 18.2. The fourth-order valence-electron chi connectivity index (χ4n) is 5.25. The summed E-state index contributed by atoms with van der Waals surface area (Å²) in [6.07, 6.45) is 5.65. The maximum Gasteiger partial charge on any atom is 0.287 e. The van der Waals surface area contributed by atoms with Crippen LogP contribution in [0.4, 0.5) is 0 Å². The summed E-state index contributed by atoms with van der Waals surface area (Å²) >= 11 is 0. The Kier molecular flexibility index (Phi) is 5.28. The van der Waals surface area contributed by atoms with Gasteiger partial charge in [0.25, 0.3) is 5.91 Å². The molecule has 5 rings (SSSR count). The van der Waals surface area contributed by atoms with Gasteiger partial charge in [-0.3, -0.25) is 9.59 Å². The van der Waals surface area contributed by atoms with Crippen LogP contribution in [0.25, 0.3) is 11.0 Å². The molecule has 1 fully saturated rings. The molecule has 2 aromatic carbocycles. The van der Waals surface area contributed by atoms with E-state index in [0.717, 1.165) is 25.7 Å². The third-order valence-electron chi connectivity index (χ3n) is 7.05. The third kappa shape index (κ3) is 3.60. The standard InChI is InChI=1S/C27H29NO4/c1-17(19-9-5-3-6-10-19)16-28-26(30)25-18(2)23-21(31-25)11-12-22-24(23)20(29)15-27(32-22)13-7-4-8-14-27/h3,5-6,9-12,17H,4,7-8,13-16H2,1-2H3,(H,28,30)/t17-/m0/s1. The minimum atomic E-state index is -0.360. The number of aryl methyl sites for hydroxylation is 1. The van der Waals surface area contributed by atoms with Crippen LogP contribution in [-0.2, 0) is 0 Å². The van der Waals surface area contributed by atoms with E-state index in [4.69, 9.17) is 9.15 Å². The lowest BCUT2D eigenvalue weighted by Gasteiger charge is -2.40. The van der Waals surface area contributed by atoms with E-state index in [1.54, 1.807) is 0 Å². The third-order valence-corrected chi connectivity index (χ3v) is 7.05. The number of Topliss-reactive ketones (excluding diaryl/α,β-unsaturated/α-hetero) is 1. The molecular weight excluding hydrogens is 402 g/mol. The summed E-state index contributed by atoms with van der Waals surface area (Å²) in [7, 11) is 0. The van der Waals surface area contributed by atoms with E-state index in [9.17, 15) is 9.59 Å². The summed E-state index contributed by atoms with van der Waals surface area (Å²) in [5.41, 5.74) is 2.62. The summed E-state index contributed by atoms with van der Waals surface area (Å²) in [6.45, 7) is 4.43. The van der Waals surface area contributed by atoms with Crippen molar-refractivity contribution in [2.75, 3.05) is 6.54 Å². The van der Waals surface area contributed by atoms with Crippen LogP contribution in [-0.4, -0.2) is 23.8 Å². The molecule has 1 spiro atoms. The molecule has 166 valence electrons. The number of amides is 1. The van der Waals surface area contributed by atoms with E-state index >= 15 is 0 Å². The molecule has 0 unspecified atom stereocenters. The number of benzene rings is 2. The van der Waals surface area contributed by atoms with Crippen LogP contribution in [0.5, 0.6) is 5.75 Å². The Hall–Kier alpha value is -3.08. The minimum Gasteiger partial charge on any atom is -0.486 e. The number of ketones is 1. The van der Waals surface area contributed by atoms with Gasteiger partial charge in [0.05, 0.1) is 12.0 Å². The Morgan fingerprint density at radius 2 is 1.84 bits per heavy atom. The molecule has 1 aliphatic heterocycles. The van der Waals surface area contributed by atoms with Crippen molar-refractivity contribution in [2.45, 2.75) is 63.9 Å². The number of furan rings is 1. The second-order valence-corrected chi connectivity index (χ2v) is 9.34. The number of hydrogen-bond acceptors (Lipinski definition) is 4. The highest BCUT2D eigenvalue weighted by Gasteiger charge is 2.42. The van der Waals surface area contributed by atoms with Crippen molar-refractivity contribution < 1.29 is 18.7 Å². The van der Waals surface area contributed by atoms with Crippen molar-refractivity contribution in [3.63, 3.8) is 0 Å². The molecule has 1 saturated carbocycles. The van der Waals surface area contributed by atoms with Gasteiger partial charge in [-0.2, -0.15) is 0 Å². The molecule has 0 saturated heterocycles. The van der Waals surface area contributed by atoms with Gasteiger partial charge >= 0.3 is 0 Å². The topological polar surface area (TPSA) is 68.5 Å². The van der Waals surface area contributed by atoms with Gasteiger partial charge in [-0.15, -0.1) is 0 Å². The van der Waals surface area contributed by atoms with Crippen LogP contribution in [0.2, 0.25) is 0 Å². The number of hydrogen-bond donors (Lipinski definition) is 1. The molecule has 5 nitrogen and oxygen atoms in total. The van der Waals surface area contributed by atoms with E-state index in [0.29, 0.717) is 40.8 Å². The molecule has 32 heavy (non-hydrogen) atoms. The molecule has 1 aliphatic carbocycles. The monoisotopic (exact) mass is 431 g/mol. The summed E-state index contributed by atoms with van der Waals surface area (Å²) in [4.78, 5) is 26.2. The number of rotatable bonds is 4. The Labute approximate surface area is 188 Å². The van der Waals surface area contributed by atoms with Gasteiger partial charge < -0.3 is 14.5 Å². The van der Waals surface area contributed by atoms with Gasteiger partial charge in [0, 0.05) is 17.5 Å². The summed E-state index contributed by atoms with van der Waals surface area (Å²) in [5.74, 6) is 0.901. The fraction of sp³-hybridized carbons (Fsp3) is 0.407. The number of ether oxygens (including phenoxy) is 1. The van der Waals surface area contributed by atoms with Gasteiger partial charge in [0.2, 0.25) is 0 Å². The Morgan fingerprint density at radius 3 is 2.59 bits per heavy atom. The van der Waals surface area contributed by atoms with Gasteiger partial charge in [0.15, 0.2) is 11.5 Å². The molecule has 1 amide bonds. The van der Waals surface area contributed by atoms with E-state index < -0.39 is 0 Å². The van der Waals surface area contributed by atoms with Crippen molar-refractivity contribution in [3.8, 4) is 5.75 Å². The molecule has 1 N–H and O–H groups in total. The van der Waals surface area contributed by atoms with E-state index in [1.807, 2.05) is 37.3 Å². The maximum absolute atomic E-state index is 13.3. The van der Waals surface area contributed by atoms with E-state index in [-0.39, 0.29) is 29.0 Å². The first-order chi connectivity index (χ1) is 15.5. The van der Waals surface area contributed by atoms with Crippen LogP contribution < -0.4 is 10.1 Å². The molecule has 2 aliphatic rings. The van der Waals surface area contributed by atoms with E-state index in [1.165, 1.54) is 12.0 Å². The second kappa shape index (κ2) is 8.12. The van der Waals surface area contributed by atoms with Gasteiger partial charge in [-0.05, 0) is 56.2 Å². The lowest BCUT2D eigenvalue weighted by atomic mass is 9.78. The zero-order valence-electron chi connectivity index (χ0n) is 18.7. The first kappa shape index (κ1) is 20.8. The van der Waals surface area contributed by atoms with Crippen molar-refractivity contribution in [2.24, 2.45) is 0 Å². The number of nitrogens with one attached hydrogen (secondary N) is 1. The van der Waals surface area contributed by atoms with Gasteiger partial charge in [0.1, 0.15) is 16.9 Å². The molecule has 0 bridgehead atoms. The molecule has 1 aromatic heterocycles. The molecule has 1 atom stereocenters. The molecule has 3 aromatic rings. The quantitative estimate of drug-likeness (QED) is 0.555. The first-order valence-corrected chi connectivity index (χ1v) is 11.6. The fourth-order valence-corrected chi connectivity index (χ4v) is 5.25. The minimum absolute atomic E-state index is 0.0901. The SMILES string of the molecule is Cc1c(C(=O)NC[C@H](C)c2ccccc2)oc2ccc3c(c12)C(=O)CC1(CCCCC1)O3. The van der Waals surface area contributed by atoms with Crippen molar-refractivity contribution in [1.82, 2.24) is 5.32 Å². The van der Waals surface area contributed by atoms with Crippen molar-refractivity contribution in [1.29, 1.82) is 0 Å². The zero-order valence-corrected chi connectivity index (χ0v) is 18.7. The summed E-state index contributed by atoms with van der Waals surface area (Å²) < 4.78 is 12.4. The molecule has 2 heterocycles. The average Bonchev–Trinajstić information content (AvgIpc) is 3.14. The lowest BCUT2D eigenvalue weighted by Crippen LogP contribution is -2.43. The zero-order chi connectivity index (χ0) is 22.3. The van der Waals surface area contributed by atoms with Crippen LogP contribution in [0.15, 0.2) is 46.9 Å². The highest BCUT2D eigenvalue weighted by atomic mass is 16.5. The maximum atomic E-state index is 13.3. The van der Waals surface area contributed by atoms with Crippen LogP contribution in [0, 0.1) is 6.92 Å². The first-order valence-electron chi connectivity index (χ1n) is 11.6. The average molecular weight is 432 g/mol. The smallest absolute Gasteiger partial charge is 0.287 e. The predicted molar refractivity (Wildman–Crippen MR) is 124 cm³/mol. The summed E-state index contributed by atoms with van der Waals surface area (Å²) in [5, 5.41) is 3.70. The lowest BCUT2D eigenvalue weighted by molar-refractivity contribution is 0.0139. The Balaban J connectivity index is 1.41. The van der Waals surface area contributed by atoms with Gasteiger partial charge in [-0.25, -0.2) is 0 Å². The van der Waals surface area contributed by atoms with Crippen LogP contribution in [0.3, 0.4) is 0 Å². The van der Waals surface area contributed by atoms with Gasteiger partial charge in [-0.1, -0.05) is 43.7 Å². The number of fused-ring (bicyclic) bond motifs is 3. The van der Waals surface area contributed by atoms with Crippen LogP contribution in [0.1, 0.15) is 83.4 Å². The molecule has 0 radical (unpaired) electrons. The largest absolute Gasteiger partial charge is 0.486 e. The second-order valence-electron chi connectivity index (χ2n) is 9.34. The highest BCUT2D eigenvalue weighted by Crippen LogP contribution is 2.45.